The maximum Gasteiger partial charge on any atom is 0.328 e. The van der Waals surface area contributed by atoms with Gasteiger partial charge >= 0.3 is 11.7 Å². The van der Waals surface area contributed by atoms with E-state index in [1.54, 1.807) is 19.1 Å². The highest BCUT2D eigenvalue weighted by Crippen LogP contribution is 2.17. The number of aryl methyl sites for hydroxylation is 1. The largest absolute Gasteiger partial charge is 0.350 e. The van der Waals surface area contributed by atoms with E-state index >= 15 is 0 Å². The van der Waals surface area contributed by atoms with Crippen LogP contribution in [0.4, 0.5) is 14.9 Å². The average Bonchev–Trinajstić information content (AvgIpc) is 2.64. The van der Waals surface area contributed by atoms with Crippen molar-refractivity contribution in [2.75, 3.05) is 13.1 Å². The first-order valence-electron chi connectivity index (χ1n) is 8.19. The molecule has 0 aliphatic carbocycles. The maximum atomic E-state index is 13.5. The Labute approximate surface area is 165 Å². The summed E-state index contributed by atoms with van der Waals surface area (Å²) in [6.45, 7) is 1.50. The van der Waals surface area contributed by atoms with Crippen molar-refractivity contribution < 1.29 is 27.3 Å². The lowest BCUT2D eigenvalue weighted by Crippen LogP contribution is -2.42. The first-order valence-corrected chi connectivity index (χ1v) is 9.68. The number of nitrogens with zero attached hydrogens (tertiary/aromatic N) is 1. The molecule has 2 rings (SSSR count). The van der Waals surface area contributed by atoms with Gasteiger partial charge in [-0.15, -0.1) is 0 Å². The Balaban J connectivity index is 1.82. The molecular weight excluding hydrogens is 407 g/mol. The fraction of sp³-hybridized carbons (Fsp3) is 0.176. The minimum atomic E-state index is -4.04. The van der Waals surface area contributed by atoms with E-state index in [1.807, 2.05) is 4.72 Å². The average molecular weight is 424 g/mol. The normalized spacial score (nSPS) is 10.8. The molecule has 3 amide bonds. The number of sulfonamides is 1. The van der Waals surface area contributed by atoms with Crippen molar-refractivity contribution in [2.24, 2.45) is 0 Å². The third-order valence-corrected chi connectivity index (χ3v) is 4.96. The summed E-state index contributed by atoms with van der Waals surface area (Å²) in [5, 5.41) is 15.2. The second-order valence-corrected chi connectivity index (χ2v) is 7.54. The number of hydrogen-bond acceptors (Lipinski definition) is 6. The molecule has 10 nitrogen and oxygen atoms in total. The van der Waals surface area contributed by atoms with E-state index < -0.39 is 38.4 Å². The van der Waals surface area contributed by atoms with Crippen LogP contribution in [0.25, 0.3) is 0 Å². The third kappa shape index (κ3) is 5.97. The molecule has 0 bridgehead atoms. The standard InChI is InChI=1S/C17H17FN4O6S/c1-11-3-2-4-13(9-11)29(27,28)21-17(24)20-8-7-19-16(23)12-5-6-15(22(25)26)14(18)10-12/h2-6,9-10H,7-8H2,1H3,(H,19,23)(H2,20,21,24). The molecule has 29 heavy (non-hydrogen) atoms. The van der Waals surface area contributed by atoms with Gasteiger partial charge in [-0.2, -0.15) is 4.39 Å². The fourth-order valence-corrected chi connectivity index (χ4v) is 3.28. The Hall–Kier alpha value is -3.54. The summed E-state index contributed by atoms with van der Waals surface area (Å²) >= 11 is 0. The van der Waals surface area contributed by atoms with Crippen LogP contribution in [0.5, 0.6) is 0 Å². The second kappa shape index (κ2) is 9.10. The van der Waals surface area contributed by atoms with Crippen molar-refractivity contribution in [3.05, 3.63) is 69.5 Å². The monoisotopic (exact) mass is 424 g/mol. The molecule has 2 aromatic carbocycles. The molecule has 0 unspecified atom stereocenters. The number of hydrogen-bond donors (Lipinski definition) is 3. The summed E-state index contributed by atoms with van der Waals surface area (Å²) in [7, 11) is -4.04. The van der Waals surface area contributed by atoms with Gasteiger partial charge in [-0.3, -0.25) is 14.9 Å². The van der Waals surface area contributed by atoms with Crippen molar-refractivity contribution in [1.82, 2.24) is 15.4 Å². The van der Waals surface area contributed by atoms with Crippen LogP contribution >= 0.6 is 0 Å². The topological polar surface area (TPSA) is 148 Å². The van der Waals surface area contributed by atoms with E-state index in [4.69, 9.17) is 0 Å². The predicted molar refractivity (Wildman–Crippen MR) is 100 cm³/mol. The number of carbonyl (C=O) groups is 2. The minimum Gasteiger partial charge on any atom is -0.350 e. The van der Waals surface area contributed by atoms with Crippen molar-refractivity contribution in [3.8, 4) is 0 Å². The molecule has 0 saturated heterocycles. The van der Waals surface area contributed by atoms with E-state index in [-0.39, 0.29) is 23.5 Å². The molecule has 0 atom stereocenters. The van der Waals surface area contributed by atoms with Gasteiger partial charge in [0.2, 0.25) is 5.82 Å². The number of carbonyl (C=O) groups excluding carboxylic acids is 2. The highest BCUT2D eigenvalue weighted by Gasteiger charge is 2.18. The summed E-state index contributed by atoms with van der Waals surface area (Å²) in [5.41, 5.74) is -0.187. The van der Waals surface area contributed by atoms with Gasteiger partial charge in [-0.25, -0.2) is 17.9 Å². The fourth-order valence-electron chi connectivity index (χ4n) is 2.25. The van der Waals surface area contributed by atoms with Crippen molar-refractivity contribution in [3.63, 3.8) is 0 Å². The van der Waals surface area contributed by atoms with Gasteiger partial charge in [-0.1, -0.05) is 12.1 Å². The van der Waals surface area contributed by atoms with Gasteiger partial charge in [0.25, 0.3) is 15.9 Å². The zero-order chi connectivity index (χ0) is 21.6. The Morgan fingerprint density at radius 3 is 2.41 bits per heavy atom. The Kier molecular flexibility index (Phi) is 6.83. The van der Waals surface area contributed by atoms with Crippen LogP contribution in [0.15, 0.2) is 47.4 Å². The highest BCUT2D eigenvalue weighted by atomic mass is 32.2. The van der Waals surface area contributed by atoms with Crippen molar-refractivity contribution >= 4 is 27.6 Å². The van der Waals surface area contributed by atoms with Crippen molar-refractivity contribution in [1.29, 1.82) is 0 Å². The molecule has 0 heterocycles. The molecule has 0 aliphatic rings. The van der Waals surface area contributed by atoms with Gasteiger partial charge in [-0.05, 0) is 36.8 Å². The lowest BCUT2D eigenvalue weighted by Gasteiger charge is -2.10. The Morgan fingerprint density at radius 1 is 1.10 bits per heavy atom. The number of urea groups is 1. The first kappa shape index (κ1) is 21.8. The van der Waals surface area contributed by atoms with E-state index in [9.17, 15) is 32.5 Å². The molecule has 0 spiro atoms. The molecule has 154 valence electrons. The SMILES string of the molecule is Cc1cccc(S(=O)(=O)NC(=O)NCCNC(=O)c2ccc([N+](=O)[O-])c(F)c2)c1. The first-order chi connectivity index (χ1) is 13.6. The van der Waals surface area contributed by atoms with Gasteiger partial charge < -0.3 is 10.6 Å². The van der Waals surface area contributed by atoms with Crippen LogP contribution in [0.1, 0.15) is 15.9 Å². The van der Waals surface area contributed by atoms with Crippen LogP contribution in [-0.2, 0) is 10.0 Å². The van der Waals surface area contributed by atoms with Gasteiger partial charge in [0.1, 0.15) is 0 Å². The quantitative estimate of drug-likeness (QED) is 0.348. The molecule has 0 aromatic heterocycles. The summed E-state index contributed by atoms with van der Waals surface area (Å²) in [6.07, 6.45) is 0. The summed E-state index contributed by atoms with van der Waals surface area (Å²) in [4.78, 5) is 33.2. The van der Waals surface area contributed by atoms with Crippen LogP contribution in [0.2, 0.25) is 0 Å². The predicted octanol–water partition coefficient (Wildman–Crippen LogP) is 1.46. The zero-order valence-corrected chi connectivity index (χ0v) is 16.0. The molecule has 0 aliphatic heterocycles. The molecular formula is C17H17FN4O6S. The molecule has 2 aromatic rings. The molecule has 0 radical (unpaired) electrons. The van der Waals surface area contributed by atoms with Gasteiger partial charge in [0, 0.05) is 24.7 Å². The molecule has 0 saturated carbocycles. The number of rotatable bonds is 7. The zero-order valence-electron chi connectivity index (χ0n) is 15.1. The van der Waals surface area contributed by atoms with E-state index in [0.717, 1.165) is 18.2 Å². The molecule has 0 fully saturated rings. The third-order valence-electron chi connectivity index (χ3n) is 3.63. The summed E-state index contributed by atoms with van der Waals surface area (Å²) in [6, 6.07) is 7.68. The number of benzene rings is 2. The number of nitrogens with one attached hydrogen (secondary N) is 3. The van der Waals surface area contributed by atoms with E-state index in [1.165, 1.54) is 12.1 Å². The minimum absolute atomic E-state index is 0.0684. The lowest BCUT2D eigenvalue weighted by atomic mass is 10.2. The second-order valence-electron chi connectivity index (χ2n) is 5.86. The summed E-state index contributed by atoms with van der Waals surface area (Å²) in [5.74, 6) is -1.87. The number of nitro groups is 1. The van der Waals surface area contributed by atoms with Crippen LogP contribution in [-0.4, -0.2) is 38.4 Å². The van der Waals surface area contributed by atoms with Crippen LogP contribution in [0, 0.1) is 22.9 Å². The lowest BCUT2D eigenvalue weighted by molar-refractivity contribution is -0.387. The van der Waals surface area contributed by atoms with E-state index in [0.29, 0.717) is 5.56 Å². The highest BCUT2D eigenvalue weighted by molar-refractivity contribution is 7.90. The Morgan fingerprint density at radius 2 is 1.79 bits per heavy atom. The van der Waals surface area contributed by atoms with Crippen LogP contribution < -0.4 is 15.4 Å². The molecule has 12 heteroatoms. The van der Waals surface area contributed by atoms with Gasteiger partial charge in [0.15, 0.2) is 0 Å². The van der Waals surface area contributed by atoms with Gasteiger partial charge in [0.05, 0.1) is 9.82 Å². The van der Waals surface area contributed by atoms with E-state index in [2.05, 4.69) is 10.6 Å². The smallest absolute Gasteiger partial charge is 0.328 e. The Bertz CT molecular complexity index is 1060. The van der Waals surface area contributed by atoms with Crippen molar-refractivity contribution in [2.45, 2.75) is 11.8 Å². The number of halogens is 1. The number of nitro benzene ring substituents is 1. The number of amides is 3. The van der Waals surface area contributed by atoms with Crippen LogP contribution in [0.3, 0.4) is 0 Å². The molecule has 3 N–H and O–H groups in total. The summed E-state index contributed by atoms with van der Waals surface area (Å²) < 4.78 is 39.6. The maximum absolute atomic E-state index is 13.5.